The number of nitrogen functional groups attached to an aromatic ring is 1. The molecule has 0 atom stereocenters. The van der Waals surface area contributed by atoms with Crippen molar-refractivity contribution in [2.24, 2.45) is 7.05 Å². The second kappa shape index (κ2) is 5.34. The Balaban J connectivity index is 2.24. The van der Waals surface area contributed by atoms with E-state index < -0.39 is 0 Å². The first-order valence-electron chi connectivity index (χ1n) is 6.71. The second-order valence-electron chi connectivity index (χ2n) is 5.09. The predicted molar refractivity (Wildman–Crippen MR) is 80.8 cm³/mol. The van der Waals surface area contributed by atoms with Gasteiger partial charge >= 0.3 is 0 Å². The summed E-state index contributed by atoms with van der Waals surface area (Å²) in [6.45, 7) is 6.43. The number of aromatic nitrogens is 2. The van der Waals surface area contributed by atoms with Crippen LogP contribution in [0.4, 0.5) is 17.2 Å². The van der Waals surface area contributed by atoms with E-state index in [1.165, 1.54) is 5.56 Å². The molecular weight excluding hydrogens is 236 g/mol. The van der Waals surface area contributed by atoms with E-state index in [1.54, 1.807) is 4.68 Å². The van der Waals surface area contributed by atoms with Gasteiger partial charge in [-0.15, -0.1) is 0 Å². The van der Waals surface area contributed by atoms with Gasteiger partial charge in [0.1, 0.15) is 0 Å². The number of nitrogens with zero attached hydrogens (tertiary/aromatic N) is 2. The predicted octanol–water partition coefficient (Wildman–Crippen LogP) is 3.43. The minimum Gasteiger partial charge on any atom is -0.394 e. The van der Waals surface area contributed by atoms with Crippen molar-refractivity contribution in [3.05, 3.63) is 35.5 Å². The van der Waals surface area contributed by atoms with Crippen LogP contribution in [0.25, 0.3) is 0 Å². The van der Waals surface area contributed by atoms with Gasteiger partial charge in [-0.1, -0.05) is 32.9 Å². The van der Waals surface area contributed by atoms with Gasteiger partial charge in [-0.25, -0.2) is 0 Å². The zero-order valence-electron chi connectivity index (χ0n) is 12.1. The average Bonchev–Trinajstić information content (AvgIpc) is 2.67. The van der Waals surface area contributed by atoms with E-state index >= 15 is 0 Å². The number of benzene rings is 1. The van der Waals surface area contributed by atoms with E-state index in [0.29, 0.717) is 5.92 Å². The first-order chi connectivity index (χ1) is 9.02. The molecule has 19 heavy (non-hydrogen) atoms. The molecule has 0 bridgehead atoms. The number of nitrogens with two attached hydrogens (primary N) is 1. The van der Waals surface area contributed by atoms with Crippen molar-refractivity contribution in [3.63, 3.8) is 0 Å². The number of nitrogens with one attached hydrogen (secondary N) is 1. The molecule has 4 nitrogen and oxygen atoms in total. The number of anilines is 3. The molecule has 3 N–H and O–H groups in total. The second-order valence-corrected chi connectivity index (χ2v) is 5.09. The fourth-order valence-corrected chi connectivity index (χ4v) is 2.09. The fourth-order valence-electron chi connectivity index (χ4n) is 2.09. The lowest BCUT2D eigenvalue weighted by atomic mass is 10.0. The van der Waals surface area contributed by atoms with Crippen molar-refractivity contribution >= 4 is 17.2 Å². The number of rotatable bonds is 4. The highest BCUT2D eigenvalue weighted by Crippen LogP contribution is 2.26. The summed E-state index contributed by atoms with van der Waals surface area (Å²) in [5.74, 6) is 1.40. The van der Waals surface area contributed by atoms with Crippen LogP contribution in [-0.4, -0.2) is 9.78 Å². The zero-order chi connectivity index (χ0) is 14.0. The van der Waals surface area contributed by atoms with Crippen LogP contribution in [-0.2, 0) is 13.5 Å². The summed E-state index contributed by atoms with van der Waals surface area (Å²) < 4.78 is 1.80. The molecule has 0 aliphatic rings. The molecule has 2 rings (SSSR count). The van der Waals surface area contributed by atoms with Gasteiger partial charge in [0.15, 0.2) is 5.82 Å². The summed E-state index contributed by atoms with van der Waals surface area (Å²) >= 11 is 0. The lowest BCUT2D eigenvalue weighted by molar-refractivity contribution is 0.753. The third-order valence-corrected chi connectivity index (χ3v) is 3.34. The topological polar surface area (TPSA) is 55.9 Å². The summed E-state index contributed by atoms with van der Waals surface area (Å²) in [4.78, 5) is 0. The molecule has 0 spiro atoms. The molecule has 0 saturated heterocycles. The average molecular weight is 258 g/mol. The molecule has 1 heterocycles. The summed E-state index contributed by atoms with van der Waals surface area (Å²) in [5, 5.41) is 7.74. The van der Waals surface area contributed by atoms with Gasteiger partial charge in [0.05, 0.1) is 11.4 Å². The first kappa shape index (κ1) is 13.5. The summed E-state index contributed by atoms with van der Waals surface area (Å²) in [5.41, 5.74) is 10.1. The van der Waals surface area contributed by atoms with Crippen molar-refractivity contribution in [1.82, 2.24) is 9.78 Å². The Morgan fingerprint density at radius 3 is 2.37 bits per heavy atom. The Labute approximate surface area is 114 Å². The third-order valence-electron chi connectivity index (χ3n) is 3.34. The van der Waals surface area contributed by atoms with Gasteiger partial charge in [0.25, 0.3) is 0 Å². The van der Waals surface area contributed by atoms with E-state index in [4.69, 9.17) is 5.73 Å². The smallest absolute Gasteiger partial charge is 0.152 e. The van der Waals surface area contributed by atoms with Gasteiger partial charge in [0, 0.05) is 12.7 Å². The van der Waals surface area contributed by atoms with Crippen LogP contribution in [0.15, 0.2) is 24.3 Å². The Bertz CT molecular complexity index is 552. The van der Waals surface area contributed by atoms with Crippen molar-refractivity contribution in [2.45, 2.75) is 33.1 Å². The Kier molecular flexibility index (Phi) is 3.79. The number of hydrogen-bond acceptors (Lipinski definition) is 3. The molecule has 0 saturated carbocycles. The Morgan fingerprint density at radius 2 is 1.89 bits per heavy atom. The Morgan fingerprint density at radius 1 is 1.26 bits per heavy atom. The molecule has 0 amide bonds. The van der Waals surface area contributed by atoms with Crippen LogP contribution in [0.2, 0.25) is 0 Å². The standard InChI is InChI=1S/C15H22N4/c1-5-13-14(16)15(19(4)18-13)17-12-8-6-11(7-9-12)10(2)3/h6-10,17H,5,16H2,1-4H3. The molecule has 1 aromatic carbocycles. The molecule has 102 valence electrons. The van der Waals surface area contributed by atoms with Crippen LogP contribution < -0.4 is 11.1 Å². The number of aryl methyl sites for hydroxylation is 2. The molecule has 0 unspecified atom stereocenters. The summed E-state index contributed by atoms with van der Waals surface area (Å²) in [6.07, 6.45) is 0.841. The van der Waals surface area contributed by atoms with E-state index in [9.17, 15) is 0 Å². The Hall–Kier alpha value is -1.97. The summed E-state index contributed by atoms with van der Waals surface area (Å²) in [6, 6.07) is 8.43. The van der Waals surface area contributed by atoms with Crippen molar-refractivity contribution in [2.75, 3.05) is 11.1 Å². The van der Waals surface area contributed by atoms with Gasteiger partial charge in [0.2, 0.25) is 0 Å². The zero-order valence-corrected chi connectivity index (χ0v) is 12.1. The fraction of sp³-hybridized carbons (Fsp3) is 0.400. The normalized spacial score (nSPS) is 11.0. The molecule has 0 fully saturated rings. The molecule has 2 aromatic rings. The summed E-state index contributed by atoms with van der Waals surface area (Å²) in [7, 11) is 1.90. The van der Waals surface area contributed by atoms with E-state index in [1.807, 2.05) is 7.05 Å². The SMILES string of the molecule is CCc1nn(C)c(Nc2ccc(C(C)C)cc2)c1N. The van der Waals surface area contributed by atoms with Crippen LogP contribution in [0.1, 0.15) is 37.9 Å². The van der Waals surface area contributed by atoms with Crippen LogP contribution in [0.5, 0.6) is 0 Å². The molecule has 0 aliphatic carbocycles. The van der Waals surface area contributed by atoms with E-state index in [0.717, 1.165) is 29.3 Å². The maximum Gasteiger partial charge on any atom is 0.152 e. The highest BCUT2D eigenvalue weighted by atomic mass is 15.3. The van der Waals surface area contributed by atoms with E-state index in [2.05, 4.69) is 55.5 Å². The highest BCUT2D eigenvalue weighted by molar-refractivity contribution is 5.71. The quantitative estimate of drug-likeness (QED) is 0.883. The van der Waals surface area contributed by atoms with Crippen molar-refractivity contribution < 1.29 is 0 Å². The van der Waals surface area contributed by atoms with Crippen LogP contribution in [0, 0.1) is 0 Å². The third kappa shape index (κ3) is 2.72. The van der Waals surface area contributed by atoms with Crippen LogP contribution in [0.3, 0.4) is 0 Å². The van der Waals surface area contributed by atoms with Crippen LogP contribution >= 0.6 is 0 Å². The van der Waals surface area contributed by atoms with Gasteiger partial charge in [-0.05, 0) is 30.0 Å². The van der Waals surface area contributed by atoms with Gasteiger partial charge < -0.3 is 11.1 Å². The van der Waals surface area contributed by atoms with Gasteiger partial charge in [-0.3, -0.25) is 4.68 Å². The van der Waals surface area contributed by atoms with Crippen molar-refractivity contribution in [1.29, 1.82) is 0 Å². The maximum atomic E-state index is 6.09. The first-order valence-corrected chi connectivity index (χ1v) is 6.71. The molecule has 4 heteroatoms. The molecule has 0 radical (unpaired) electrons. The highest BCUT2D eigenvalue weighted by Gasteiger charge is 2.11. The largest absolute Gasteiger partial charge is 0.394 e. The monoisotopic (exact) mass is 258 g/mol. The lowest BCUT2D eigenvalue weighted by Crippen LogP contribution is -2.01. The maximum absolute atomic E-state index is 6.09. The lowest BCUT2D eigenvalue weighted by Gasteiger charge is -2.10. The minimum atomic E-state index is 0.544. The number of hydrogen-bond donors (Lipinski definition) is 2. The van der Waals surface area contributed by atoms with Crippen molar-refractivity contribution in [3.8, 4) is 0 Å². The molecule has 1 aromatic heterocycles. The molecular formula is C15H22N4. The minimum absolute atomic E-state index is 0.544. The molecule has 0 aliphatic heterocycles. The van der Waals surface area contributed by atoms with E-state index in [-0.39, 0.29) is 0 Å². The van der Waals surface area contributed by atoms with Gasteiger partial charge in [-0.2, -0.15) is 5.10 Å².